The molecule has 11 heteroatoms. The highest BCUT2D eigenvalue weighted by Crippen LogP contribution is 2.22. The normalized spacial score (nSPS) is 10.9. The lowest BCUT2D eigenvalue weighted by atomic mass is 10.2. The van der Waals surface area contributed by atoms with E-state index in [1.165, 1.54) is 36.4 Å². The second-order valence-electron chi connectivity index (χ2n) is 5.89. The molecule has 0 heterocycles. The molecule has 2 N–H and O–H groups in total. The van der Waals surface area contributed by atoms with Gasteiger partial charge < -0.3 is 10.6 Å². The SMILES string of the molecule is Cc1ccc([N+](=O)[O-])cc1NC(=O)CS(=O)(=O)CC(=O)Nc1ccc(Cl)cc1. The number of nitrogens with zero attached hydrogens (tertiary/aromatic N) is 1. The fourth-order valence-corrected chi connectivity index (χ4v) is 3.40. The molecule has 0 aliphatic heterocycles. The number of nitro groups is 1. The first-order chi connectivity index (χ1) is 13.1. The van der Waals surface area contributed by atoms with Crippen molar-refractivity contribution in [3.63, 3.8) is 0 Å². The largest absolute Gasteiger partial charge is 0.325 e. The molecule has 0 saturated heterocycles. The molecule has 2 rings (SSSR count). The summed E-state index contributed by atoms with van der Waals surface area (Å²) in [7, 11) is -4.05. The van der Waals surface area contributed by atoms with Crippen molar-refractivity contribution in [1.29, 1.82) is 0 Å². The highest BCUT2D eigenvalue weighted by Gasteiger charge is 2.22. The number of halogens is 1. The Morgan fingerprint density at radius 1 is 1.04 bits per heavy atom. The van der Waals surface area contributed by atoms with Crippen molar-refractivity contribution < 1.29 is 22.9 Å². The Morgan fingerprint density at radius 2 is 1.61 bits per heavy atom. The minimum atomic E-state index is -4.05. The van der Waals surface area contributed by atoms with Crippen molar-refractivity contribution >= 4 is 50.3 Å². The molecule has 148 valence electrons. The molecule has 0 aliphatic rings. The first-order valence-electron chi connectivity index (χ1n) is 7.86. The smallest absolute Gasteiger partial charge is 0.271 e. The topological polar surface area (TPSA) is 135 Å². The Balaban J connectivity index is 1.98. The second-order valence-corrected chi connectivity index (χ2v) is 8.39. The average molecular weight is 426 g/mol. The summed E-state index contributed by atoms with van der Waals surface area (Å²) in [6.07, 6.45) is 0. The molecule has 2 amide bonds. The Labute approximate surface area is 165 Å². The van der Waals surface area contributed by atoms with Crippen LogP contribution in [0.15, 0.2) is 42.5 Å². The van der Waals surface area contributed by atoms with E-state index in [2.05, 4.69) is 10.6 Å². The summed E-state index contributed by atoms with van der Waals surface area (Å²) in [6.45, 7) is 1.60. The number of carbonyl (C=O) groups excluding carboxylic acids is 2. The minimum Gasteiger partial charge on any atom is -0.325 e. The molecule has 0 radical (unpaired) electrons. The van der Waals surface area contributed by atoms with Crippen LogP contribution in [-0.4, -0.2) is 36.7 Å². The van der Waals surface area contributed by atoms with E-state index < -0.39 is 38.1 Å². The van der Waals surface area contributed by atoms with Crippen LogP contribution in [-0.2, 0) is 19.4 Å². The maximum absolute atomic E-state index is 12.1. The number of sulfone groups is 1. The Hall–Kier alpha value is -2.98. The number of benzene rings is 2. The number of nitro benzene ring substituents is 1. The second kappa shape index (κ2) is 8.81. The van der Waals surface area contributed by atoms with Gasteiger partial charge in [-0.3, -0.25) is 19.7 Å². The number of anilines is 2. The van der Waals surface area contributed by atoms with Crippen LogP contribution < -0.4 is 10.6 Å². The van der Waals surface area contributed by atoms with E-state index in [9.17, 15) is 28.1 Å². The summed E-state index contributed by atoms with van der Waals surface area (Å²) in [5.41, 5.74) is 0.768. The molecule has 9 nitrogen and oxygen atoms in total. The zero-order valence-corrected chi connectivity index (χ0v) is 16.2. The lowest BCUT2D eigenvalue weighted by Crippen LogP contribution is -2.30. The molecule has 0 unspecified atom stereocenters. The number of non-ortho nitro benzene ring substituents is 1. The molecule has 0 fully saturated rings. The number of hydrogen-bond acceptors (Lipinski definition) is 6. The van der Waals surface area contributed by atoms with Crippen molar-refractivity contribution in [2.75, 3.05) is 22.1 Å². The van der Waals surface area contributed by atoms with Gasteiger partial charge in [0.25, 0.3) is 5.69 Å². The molecule has 0 bridgehead atoms. The number of aryl methyl sites for hydroxylation is 1. The van der Waals surface area contributed by atoms with E-state index in [0.717, 1.165) is 6.07 Å². The number of amides is 2. The highest BCUT2D eigenvalue weighted by atomic mass is 35.5. The van der Waals surface area contributed by atoms with Crippen LogP contribution >= 0.6 is 11.6 Å². The van der Waals surface area contributed by atoms with E-state index in [1.807, 2.05) is 0 Å². The summed E-state index contributed by atoms with van der Waals surface area (Å²) in [6, 6.07) is 9.90. The zero-order chi connectivity index (χ0) is 20.9. The molecule has 28 heavy (non-hydrogen) atoms. The van der Waals surface area contributed by atoms with Crippen LogP contribution in [0.2, 0.25) is 5.02 Å². The molecule has 0 aromatic heterocycles. The highest BCUT2D eigenvalue weighted by molar-refractivity contribution is 7.92. The quantitative estimate of drug-likeness (QED) is 0.516. The van der Waals surface area contributed by atoms with Crippen molar-refractivity contribution in [1.82, 2.24) is 0 Å². The van der Waals surface area contributed by atoms with Crippen LogP contribution in [0.3, 0.4) is 0 Å². The molecular formula is C17H16ClN3O6S. The summed E-state index contributed by atoms with van der Waals surface area (Å²) in [5, 5.41) is 16.0. The zero-order valence-electron chi connectivity index (χ0n) is 14.6. The lowest BCUT2D eigenvalue weighted by molar-refractivity contribution is -0.384. The Kier molecular flexibility index (Phi) is 6.71. The molecule has 2 aromatic rings. The van der Waals surface area contributed by atoms with Gasteiger partial charge in [0, 0.05) is 22.8 Å². The number of hydrogen-bond donors (Lipinski definition) is 2. The fraction of sp³-hybridized carbons (Fsp3) is 0.176. The maximum atomic E-state index is 12.1. The van der Waals surface area contributed by atoms with Crippen LogP contribution in [0.5, 0.6) is 0 Å². The van der Waals surface area contributed by atoms with Crippen LogP contribution in [0.1, 0.15) is 5.56 Å². The molecule has 0 saturated carbocycles. The third-order valence-electron chi connectivity index (χ3n) is 3.54. The minimum absolute atomic E-state index is 0.125. The predicted molar refractivity (Wildman–Crippen MR) is 105 cm³/mol. The van der Waals surface area contributed by atoms with Crippen molar-refractivity contribution in [3.8, 4) is 0 Å². The summed E-state index contributed by atoms with van der Waals surface area (Å²) >= 11 is 5.73. The summed E-state index contributed by atoms with van der Waals surface area (Å²) in [4.78, 5) is 34.1. The van der Waals surface area contributed by atoms with Gasteiger partial charge in [-0.15, -0.1) is 0 Å². The van der Waals surface area contributed by atoms with Crippen molar-refractivity contribution in [3.05, 3.63) is 63.2 Å². The molecule has 0 atom stereocenters. The van der Waals surface area contributed by atoms with Gasteiger partial charge in [0.15, 0.2) is 9.84 Å². The van der Waals surface area contributed by atoms with Gasteiger partial charge in [-0.05, 0) is 36.8 Å². The summed E-state index contributed by atoms with van der Waals surface area (Å²) in [5.74, 6) is -3.54. The fourth-order valence-electron chi connectivity index (χ4n) is 2.23. The molecule has 2 aromatic carbocycles. The third kappa shape index (κ3) is 6.32. The van der Waals surface area contributed by atoms with E-state index in [1.54, 1.807) is 6.92 Å². The first-order valence-corrected chi connectivity index (χ1v) is 10.1. The lowest BCUT2D eigenvalue weighted by Gasteiger charge is -2.09. The predicted octanol–water partition coefficient (Wildman–Crippen LogP) is 2.55. The van der Waals surface area contributed by atoms with E-state index in [4.69, 9.17) is 11.6 Å². The maximum Gasteiger partial charge on any atom is 0.271 e. The van der Waals surface area contributed by atoms with Gasteiger partial charge in [-0.25, -0.2) is 8.42 Å². The van der Waals surface area contributed by atoms with E-state index in [0.29, 0.717) is 16.3 Å². The molecule has 0 aliphatic carbocycles. The Morgan fingerprint density at radius 3 is 2.18 bits per heavy atom. The average Bonchev–Trinajstić information content (AvgIpc) is 2.57. The standard InChI is InChI=1S/C17H16ClN3O6S/c1-11-2-7-14(21(24)25)8-15(11)20-17(23)10-28(26,27)9-16(22)19-13-5-3-12(18)4-6-13/h2-8H,9-10H2,1H3,(H,19,22)(H,20,23). The van der Waals surface area contributed by atoms with Crippen molar-refractivity contribution in [2.24, 2.45) is 0 Å². The van der Waals surface area contributed by atoms with Crippen LogP contribution in [0.4, 0.5) is 17.1 Å². The molecule has 0 spiro atoms. The van der Waals surface area contributed by atoms with Gasteiger partial charge in [-0.2, -0.15) is 0 Å². The van der Waals surface area contributed by atoms with Gasteiger partial charge in [-0.1, -0.05) is 17.7 Å². The Bertz CT molecular complexity index is 1020. The summed E-state index contributed by atoms with van der Waals surface area (Å²) < 4.78 is 24.2. The van der Waals surface area contributed by atoms with Gasteiger partial charge in [0.1, 0.15) is 11.5 Å². The molecular weight excluding hydrogens is 410 g/mol. The van der Waals surface area contributed by atoms with Gasteiger partial charge in [0.05, 0.1) is 10.6 Å². The number of carbonyl (C=O) groups is 2. The number of rotatable bonds is 7. The van der Waals surface area contributed by atoms with E-state index >= 15 is 0 Å². The third-order valence-corrected chi connectivity index (χ3v) is 5.19. The van der Waals surface area contributed by atoms with Crippen LogP contribution in [0, 0.1) is 17.0 Å². The first kappa shape index (κ1) is 21.3. The van der Waals surface area contributed by atoms with Gasteiger partial charge >= 0.3 is 0 Å². The van der Waals surface area contributed by atoms with Gasteiger partial charge in [0.2, 0.25) is 11.8 Å². The van der Waals surface area contributed by atoms with E-state index in [-0.39, 0.29) is 11.4 Å². The monoisotopic (exact) mass is 425 g/mol. The number of nitrogens with one attached hydrogen (secondary N) is 2. The van der Waals surface area contributed by atoms with Crippen LogP contribution in [0.25, 0.3) is 0 Å². The van der Waals surface area contributed by atoms with Crippen molar-refractivity contribution in [2.45, 2.75) is 6.92 Å².